The van der Waals surface area contributed by atoms with Crippen LogP contribution >= 0.6 is 0 Å². The highest BCUT2D eigenvalue weighted by Crippen LogP contribution is 2.21. The van der Waals surface area contributed by atoms with E-state index in [0.717, 1.165) is 32.4 Å². The molecule has 5 heteroatoms. The Balaban J connectivity index is 1.56. The average molecular weight is 298 g/mol. The van der Waals surface area contributed by atoms with Crippen LogP contribution in [0.5, 0.6) is 0 Å². The number of nitrogens with one attached hydrogen (secondary N) is 1. The molecule has 1 aliphatic heterocycles. The zero-order chi connectivity index (χ0) is 15.1. The first kappa shape index (κ1) is 16.6. The lowest BCUT2D eigenvalue weighted by atomic mass is 9.94. The topological polar surface area (TPSA) is 61.8 Å². The van der Waals surface area contributed by atoms with Gasteiger partial charge in [0.2, 0.25) is 0 Å². The summed E-state index contributed by atoms with van der Waals surface area (Å²) in [5.74, 6) is 0.218. The number of ether oxygens (including phenoxy) is 1. The minimum absolute atomic E-state index is 0.00113. The van der Waals surface area contributed by atoms with Gasteiger partial charge in [0.25, 0.3) is 0 Å². The molecular weight excluding hydrogens is 268 g/mol. The minimum Gasteiger partial charge on any atom is -0.393 e. The molecule has 1 aliphatic carbocycles. The number of hydrogen-bond donors (Lipinski definition) is 2. The largest absolute Gasteiger partial charge is 0.393 e. The van der Waals surface area contributed by atoms with Crippen molar-refractivity contribution in [1.82, 2.24) is 10.2 Å². The average Bonchev–Trinajstić information content (AvgIpc) is 3.00. The summed E-state index contributed by atoms with van der Waals surface area (Å²) < 4.78 is 5.78. The van der Waals surface area contributed by atoms with E-state index in [-0.39, 0.29) is 18.1 Å². The number of nitrogens with zero attached hydrogens (tertiary/aromatic N) is 1. The maximum atomic E-state index is 12.1. The van der Waals surface area contributed by atoms with Crippen LogP contribution in [-0.2, 0) is 4.74 Å². The third-order valence-electron chi connectivity index (χ3n) is 4.68. The molecule has 2 amide bonds. The fraction of sp³-hybridized carbons (Fsp3) is 0.938. The number of carbonyl (C=O) groups is 1. The number of hydrogen-bond acceptors (Lipinski definition) is 3. The monoisotopic (exact) mass is 298 g/mol. The maximum absolute atomic E-state index is 12.1. The minimum atomic E-state index is -0.333. The molecule has 1 heterocycles. The molecule has 0 spiro atoms. The Morgan fingerprint density at radius 1 is 1.33 bits per heavy atom. The van der Waals surface area contributed by atoms with Gasteiger partial charge in [-0.1, -0.05) is 12.8 Å². The second kappa shape index (κ2) is 8.59. The van der Waals surface area contributed by atoms with Gasteiger partial charge in [-0.3, -0.25) is 0 Å². The second-order valence-electron chi connectivity index (χ2n) is 6.45. The molecule has 0 bridgehead atoms. The van der Waals surface area contributed by atoms with Crippen molar-refractivity contribution in [2.75, 3.05) is 26.2 Å². The zero-order valence-corrected chi connectivity index (χ0v) is 13.2. The molecule has 0 radical (unpaired) electrons. The molecule has 2 rings (SSSR count). The fourth-order valence-electron chi connectivity index (χ4n) is 3.27. The number of piperidine rings is 1. The Hall–Kier alpha value is -0.810. The quantitative estimate of drug-likeness (QED) is 0.739. The Labute approximate surface area is 128 Å². The van der Waals surface area contributed by atoms with Crippen molar-refractivity contribution in [3.05, 3.63) is 0 Å². The molecule has 2 aliphatic rings. The Morgan fingerprint density at radius 2 is 2.10 bits per heavy atom. The van der Waals surface area contributed by atoms with E-state index in [1.807, 2.05) is 11.8 Å². The van der Waals surface area contributed by atoms with Gasteiger partial charge in [-0.15, -0.1) is 0 Å². The second-order valence-corrected chi connectivity index (χ2v) is 6.45. The molecule has 1 saturated carbocycles. The summed E-state index contributed by atoms with van der Waals surface area (Å²) in [5, 5.41) is 12.6. The summed E-state index contributed by atoms with van der Waals surface area (Å²) >= 11 is 0. The van der Waals surface area contributed by atoms with Gasteiger partial charge in [0.15, 0.2) is 0 Å². The summed E-state index contributed by atoms with van der Waals surface area (Å²) in [5.41, 5.74) is 0. The van der Waals surface area contributed by atoms with Gasteiger partial charge in [0.1, 0.15) is 0 Å². The summed E-state index contributed by atoms with van der Waals surface area (Å²) in [6.07, 6.45) is 7.96. The molecule has 2 fully saturated rings. The highest BCUT2D eigenvalue weighted by Gasteiger charge is 2.26. The van der Waals surface area contributed by atoms with Crippen molar-refractivity contribution in [1.29, 1.82) is 0 Å². The summed E-state index contributed by atoms with van der Waals surface area (Å²) in [6, 6.07) is 0.00113. The highest BCUT2D eigenvalue weighted by molar-refractivity contribution is 5.74. The van der Waals surface area contributed by atoms with E-state index in [4.69, 9.17) is 4.74 Å². The van der Waals surface area contributed by atoms with Crippen LogP contribution in [0.25, 0.3) is 0 Å². The van der Waals surface area contributed by atoms with Gasteiger partial charge in [-0.2, -0.15) is 0 Å². The molecule has 21 heavy (non-hydrogen) atoms. The van der Waals surface area contributed by atoms with Gasteiger partial charge in [-0.05, 0) is 39.0 Å². The van der Waals surface area contributed by atoms with Crippen molar-refractivity contribution in [2.24, 2.45) is 5.92 Å². The van der Waals surface area contributed by atoms with Crippen molar-refractivity contribution in [2.45, 2.75) is 64.1 Å². The third-order valence-corrected chi connectivity index (χ3v) is 4.68. The van der Waals surface area contributed by atoms with Crippen LogP contribution in [0.4, 0.5) is 4.79 Å². The molecule has 0 aromatic carbocycles. The van der Waals surface area contributed by atoms with E-state index in [1.165, 1.54) is 25.7 Å². The van der Waals surface area contributed by atoms with E-state index < -0.39 is 0 Å². The normalized spacial score (nSPS) is 25.0. The number of aliphatic hydroxyl groups is 1. The van der Waals surface area contributed by atoms with Crippen molar-refractivity contribution in [3.63, 3.8) is 0 Å². The molecule has 2 unspecified atom stereocenters. The molecule has 122 valence electrons. The number of rotatable bonds is 6. The van der Waals surface area contributed by atoms with Gasteiger partial charge in [0.05, 0.1) is 12.2 Å². The van der Waals surface area contributed by atoms with Gasteiger partial charge in [0, 0.05) is 32.2 Å². The lowest BCUT2D eigenvalue weighted by molar-refractivity contribution is 0.0563. The van der Waals surface area contributed by atoms with Gasteiger partial charge < -0.3 is 20.1 Å². The summed E-state index contributed by atoms with van der Waals surface area (Å²) in [4.78, 5) is 13.9. The Bertz CT molecular complexity index is 317. The number of urea groups is 1. The lowest BCUT2D eigenvalue weighted by Gasteiger charge is -2.34. The summed E-state index contributed by atoms with van der Waals surface area (Å²) in [6.45, 7) is 4.69. The van der Waals surface area contributed by atoms with Crippen LogP contribution in [0.15, 0.2) is 0 Å². The fourth-order valence-corrected chi connectivity index (χ4v) is 3.27. The molecule has 2 atom stereocenters. The molecule has 5 nitrogen and oxygen atoms in total. The van der Waals surface area contributed by atoms with Gasteiger partial charge in [-0.25, -0.2) is 4.79 Å². The van der Waals surface area contributed by atoms with Crippen molar-refractivity contribution >= 4 is 6.03 Å². The van der Waals surface area contributed by atoms with Crippen LogP contribution in [-0.4, -0.2) is 54.5 Å². The lowest BCUT2D eigenvalue weighted by Crippen LogP contribution is -2.47. The summed E-state index contributed by atoms with van der Waals surface area (Å²) in [7, 11) is 0. The predicted octanol–water partition coefficient (Wildman–Crippen LogP) is 2.14. The number of likely N-dealkylation sites (tertiary alicyclic amines) is 1. The third kappa shape index (κ3) is 5.47. The Morgan fingerprint density at radius 3 is 2.81 bits per heavy atom. The van der Waals surface area contributed by atoms with Crippen LogP contribution in [0.3, 0.4) is 0 Å². The maximum Gasteiger partial charge on any atom is 0.317 e. The van der Waals surface area contributed by atoms with E-state index in [1.54, 1.807) is 0 Å². The van der Waals surface area contributed by atoms with Crippen LogP contribution in [0.2, 0.25) is 0 Å². The van der Waals surface area contributed by atoms with E-state index in [9.17, 15) is 9.90 Å². The van der Waals surface area contributed by atoms with E-state index in [0.29, 0.717) is 19.2 Å². The first-order valence-corrected chi connectivity index (χ1v) is 8.49. The van der Waals surface area contributed by atoms with Gasteiger partial charge >= 0.3 is 6.03 Å². The zero-order valence-electron chi connectivity index (χ0n) is 13.2. The molecule has 0 aromatic rings. The van der Waals surface area contributed by atoms with Crippen molar-refractivity contribution < 1.29 is 14.6 Å². The predicted molar refractivity (Wildman–Crippen MR) is 82.2 cm³/mol. The van der Waals surface area contributed by atoms with E-state index >= 15 is 0 Å². The SMILES string of the molecule is CC(O)C1CCCN(C(=O)NCCCOC2CCCC2)C1. The van der Waals surface area contributed by atoms with Crippen LogP contribution in [0, 0.1) is 5.92 Å². The first-order valence-electron chi connectivity index (χ1n) is 8.49. The number of aliphatic hydroxyl groups excluding tert-OH is 1. The molecule has 1 saturated heterocycles. The van der Waals surface area contributed by atoms with Crippen molar-refractivity contribution in [3.8, 4) is 0 Å². The van der Waals surface area contributed by atoms with E-state index in [2.05, 4.69) is 5.32 Å². The molecule has 0 aromatic heterocycles. The number of amides is 2. The Kier molecular flexibility index (Phi) is 6.77. The standard InChI is InChI=1S/C16H30N2O3/c1-13(19)14-6-4-10-18(12-14)16(20)17-9-5-11-21-15-7-2-3-8-15/h13-15,19H,2-12H2,1H3,(H,17,20). The van der Waals surface area contributed by atoms with Crippen LogP contribution in [0.1, 0.15) is 51.9 Å². The molecular formula is C16H30N2O3. The smallest absolute Gasteiger partial charge is 0.317 e. The highest BCUT2D eigenvalue weighted by atomic mass is 16.5. The first-order chi connectivity index (χ1) is 10.2. The van der Waals surface area contributed by atoms with Crippen LogP contribution < -0.4 is 5.32 Å². The molecule has 2 N–H and O–H groups in total. The number of carbonyl (C=O) groups excluding carboxylic acids is 1.